The molecule has 4 nitrogen and oxygen atoms in total. The van der Waals surface area contributed by atoms with Gasteiger partial charge in [-0.1, -0.05) is 56.3 Å². The van der Waals surface area contributed by atoms with Crippen molar-refractivity contribution in [3.63, 3.8) is 0 Å². The Kier molecular flexibility index (Phi) is 11.6. The van der Waals surface area contributed by atoms with Gasteiger partial charge in [0.25, 0.3) is 0 Å². The first kappa shape index (κ1) is 32.1. The first-order chi connectivity index (χ1) is 18.9. The Bertz CT molecular complexity index is 1380. The molecule has 0 aliphatic rings. The highest BCUT2D eigenvalue weighted by atomic mass is 35.5. The molecule has 0 amide bonds. The lowest BCUT2D eigenvalue weighted by Crippen LogP contribution is -2.09. The van der Waals surface area contributed by atoms with E-state index in [2.05, 4.69) is 25.8 Å². The second kappa shape index (κ2) is 14.5. The number of hydrogen-bond acceptors (Lipinski definition) is 6. The van der Waals surface area contributed by atoms with E-state index in [1.54, 1.807) is 25.1 Å². The van der Waals surface area contributed by atoms with Gasteiger partial charge in [0.15, 0.2) is 16.1 Å². The molecule has 0 saturated carbocycles. The minimum atomic E-state index is -0.661. The summed E-state index contributed by atoms with van der Waals surface area (Å²) in [4.78, 5) is 28.1. The van der Waals surface area contributed by atoms with Crippen LogP contribution >= 0.6 is 35.1 Å². The van der Waals surface area contributed by atoms with E-state index in [4.69, 9.17) is 16.3 Å². The van der Waals surface area contributed by atoms with Crippen LogP contribution < -0.4 is 0 Å². The predicted molar refractivity (Wildman–Crippen MR) is 162 cm³/mol. The Morgan fingerprint density at radius 2 is 1.75 bits per heavy atom. The number of ether oxygens (including phenoxy) is 1. The SMILES string of the molecule is CCOC(=O)CCSc1cc(-c2ccc(CC(C)(C)C)cc2F)c(CCSC(C)=O)cc1-c1ccnc(Cl)c1F. The van der Waals surface area contributed by atoms with Gasteiger partial charge in [-0.05, 0) is 71.7 Å². The number of carbonyl (C=O) groups excluding carboxylic acids is 2. The highest BCUT2D eigenvalue weighted by Gasteiger charge is 2.21. The fourth-order valence-corrected chi connectivity index (χ4v) is 6.10. The van der Waals surface area contributed by atoms with E-state index in [9.17, 15) is 9.59 Å². The Balaban J connectivity index is 2.16. The van der Waals surface area contributed by atoms with Crippen molar-refractivity contribution >= 4 is 46.2 Å². The van der Waals surface area contributed by atoms with Gasteiger partial charge in [0.1, 0.15) is 5.82 Å². The monoisotopic (exact) mass is 605 g/mol. The predicted octanol–water partition coefficient (Wildman–Crippen LogP) is 8.80. The van der Waals surface area contributed by atoms with E-state index in [-0.39, 0.29) is 46.1 Å². The number of halogens is 3. The number of pyridine rings is 1. The van der Waals surface area contributed by atoms with Crippen molar-refractivity contribution in [1.82, 2.24) is 4.98 Å². The van der Waals surface area contributed by atoms with Gasteiger partial charge in [0.2, 0.25) is 0 Å². The molecule has 0 N–H and O–H groups in total. The standard InChI is InChI=1S/C31H34ClF2NO3S2/c1-6-38-28(37)11-14-40-27-17-24(22-8-7-20(15-26(22)33)18-31(3,4)5)21(10-13-39-19(2)36)16-25(27)23-9-12-35-30(32)29(23)34/h7-9,12,15-17H,6,10-11,13-14,18H2,1-5H3. The molecule has 2 aromatic carbocycles. The van der Waals surface area contributed by atoms with Crippen molar-refractivity contribution in [2.24, 2.45) is 5.41 Å². The number of hydrogen-bond donors (Lipinski definition) is 0. The zero-order valence-corrected chi connectivity index (χ0v) is 25.8. The van der Waals surface area contributed by atoms with Crippen LogP contribution in [0.2, 0.25) is 5.15 Å². The number of carbonyl (C=O) groups is 2. The Hall–Kier alpha value is -2.42. The van der Waals surface area contributed by atoms with Crippen molar-refractivity contribution in [2.75, 3.05) is 18.1 Å². The highest BCUT2D eigenvalue weighted by Crippen LogP contribution is 2.41. The third kappa shape index (κ3) is 9.05. The van der Waals surface area contributed by atoms with Crippen molar-refractivity contribution in [3.8, 4) is 22.3 Å². The summed E-state index contributed by atoms with van der Waals surface area (Å²) in [7, 11) is 0. The average molecular weight is 606 g/mol. The number of esters is 1. The van der Waals surface area contributed by atoms with Gasteiger partial charge >= 0.3 is 5.97 Å². The first-order valence-electron chi connectivity index (χ1n) is 13.1. The second-order valence-electron chi connectivity index (χ2n) is 10.5. The summed E-state index contributed by atoms with van der Waals surface area (Å²) in [5.74, 6) is -0.464. The van der Waals surface area contributed by atoms with Crippen LogP contribution in [0.5, 0.6) is 0 Å². The Morgan fingerprint density at radius 1 is 1.00 bits per heavy atom. The quantitative estimate of drug-likeness (QED) is 0.124. The van der Waals surface area contributed by atoms with Crippen LogP contribution in [-0.4, -0.2) is 34.2 Å². The molecule has 0 unspecified atom stereocenters. The maximum absolute atomic E-state index is 15.6. The average Bonchev–Trinajstić information content (AvgIpc) is 2.85. The zero-order chi connectivity index (χ0) is 29.4. The third-order valence-corrected chi connectivity index (χ3v) is 8.08. The molecule has 0 atom stereocenters. The molecule has 0 fully saturated rings. The summed E-state index contributed by atoms with van der Waals surface area (Å²) < 4.78 is 35.9. The number of benzene rings is 2. The Morgan fingerprint density at radius 3 is 2.40 bits per heavy atom. The summed E-state index contributed by atoms with van der Waals surface area (Å²) in [6.45, 7) is 9.85. The van der Waals surface area contributed by atoms with Gasteiger partial charge in [-0.2, -0.15) is 0 Å². The molecule has 0 bridgehead atoms. The second-order valence-corrected chi connectivity index (χ2v) is 13.3. The summed E-state index contributed by atoms with van der Waals surface area (Å²) in [6, 6.07) is 10.5. The van der Waals surface area contributed by atoms with Crippen LogP contribution in [0.3, 0.4) is 0 Å². The molecule has 3 rings (SSSR count). The number of nitrogens with zero attached hydrogens (tertiary/aromatic N) is 1. The van der Waals surface area contributed by atoms with Gasteiger partial charge in [-0.3, -0.25) is 9.59 Å². The maximum Gasteiger partial charge on any atom is 0.306 e. The van der Waals surface area contributed by atoms with E-state index >= 15 is 8.78 Å². The molecule has 3 aromatic rings. The summed E-state index contributed by atoms with van der Waals surface area (Å²) >= 11 is 8.56. The third-order valence-electron chi connectivity index (χ3n) is 5.95. The minimum absolute atomic E-state index is 0.00327. The van der Waals surface area contributed by atoms with Crippen molar-refractivity contribution in [3.05, 3.63) is 70.5 Å². The first-order valence-corrected chi connectivity index (χ1v) is 15.4. The van der Waals surface area contributed by atoms with Gasteiger partial charge in [-0.15, -0.1) is 11.8 Å². The fourth-order valence-electron chi connectivity index (χ4n) is 4.32. The molecule has 214 valence electrons. The zero-order valence-electron chi connectivity index (χ0n) is 23.4. The van der Waals surface area contributed by atoms with Crippen LogP contribution in [0.15, 0.2) is 47.5 Å². The number of aryl methyl sites for hydroxylation is 1. The molecule has 0 aliphatic heterocycles. The smallest absolute Gasteiger partial charge is 0.306 e. The van der Waals surface area contributed by atoms with Crippen LogP contribution in [0.4, 0.5) is 8.78 Å². The van der Waals surface area contributed by atoms with Crippen LogP contribution in [0, 0.1) is 17.0 Å². The molecule has 0 radical (unpaired) electrons. The normalized spacial score (nSPS) is 11.5. The van der Waals surface area contributed by atoms with E-state index in [0.29, 0.717) is 39.5 Å². The summed E-state index contributed by atoms with van der Waals surface area (Å²) in [5.41, 5.74) is 3.58. The van der Waals surface area contributed by atoms with E-state index in [0.717, 1.165) is 17.5 Å². The number of aromatic nitrogens is 1. The maximum atomic E-state index is 15.6. The summed E-state index contributed by atoms with van der Waals surface area (Å²) in [5, 5.41) is -0.268. The largest absolute Gasteiger partial charge is 0.466 e. The highest BCUT2D eigenvalue weighted by molar-refractivity contribution is 8.13. The molecular formula is C31H34ClF2NO3S2. The molecular weight excluding hydrogens is 572 g/mol. The van der Waals surface area contributed by atoms with Crippen molar-refractivity contribution in [2.45, 2.75) is 58.8 Å². The van der Waals surface area contributed by atoms with Crippen molar-refractivity contribution < 1.29 is 23.1 Å². The molecule has 9 heteroatoms. The Labute approximate surface area is 248 Å². The summed E-state index contributed by atoms with van der Waals surface area (Å²) in [6.07, 6.45) is 2.78. The lowest BCUT2D eigenvalue weighted by molar-refractivity contribution is -0.142. The topological polar surface area (TPSA) is 56.3 Å². The van der Waals surface area contributed by atoms with Gasteiger partial charge < -0.3 is 4.74 Å². The van der Waals surface area contributed by atoms with E-state index < -0.39 is 5.82 Å². The van der Waals surface area contributed by atoms with Gasteiger partial charge in [0, 0.05) is 40.6 Å². The van der Waals surface area contributed by atoms with Gasteiger partial charge in [0.05, 0.1) is 13.0 Å². The van der Waals surface area contributed by atoms with Gasteiger partial charge in [-0.25, -0.2) is 13.8 Å². The fraction of sp³-hybridized carbons (Fsp3) is 0.387. The molecule has 0 saturated heterocycles. The lowest BCUT2D eigenvalue weighted by atomic mass is 9.87. The molecule has 0 aliphatic carbocycles. The molecule has 1 aromatic heterocycles. The molecule has 40 heavy (non-hydrogen) atoms. The number of thioether (sulfide) groups is 2. The van der Waals surface area contributed by atoms with E-state index in [1.165, 1.54) is 36.6 Å². The van der Waals surface area contributed by atoms with Crippen molar-refractivity contribution in [1.29, 1.82) is 0 Å². The molecule has 1 heterocycles. The lowest BCUT2D eigenvalue weighted by Gasteiger charge is -2.20. The molecule has 0 spiro atoms. The van der Waals surface area contributed by atoms with E-state index in [1.807, 2.05) is 18.2 Å². The van der Waals surface area contributed by atoms with Crippen LogP contribution in [0.1, 0.15) is 52.2 Å². The minimum Gasteiger partial charge on any atom is -0.466 e. The van der Waals surface area contributed by atoms with Crippen LogP contribution in [-0.2, 0) is 27.2 Å². The van der Waals surface area contributed by atoms with Crippen LogP contribution in [0.25, 0.3) is 22.3 Å². The number of rotatable bonds is 11.